The van der Waals surface area contributed by atoms with E-state index in [1.807, 2.05) is 0 Å². The number of hydrogen-bond acceptors (Lipinski definition) is 7. The molecule has 0 unspecified atom stereocenters. The Morgan fingerprint density at radius 3 is 2.62 bits per heavy atom. The van der Waals surface area contributed by atoms with E-state index < -0.39 is 10.9 Å². The number of rotatable bonds is 9. The second kappa shape index (κ2) is 11.0. The molecule has 1 saturated heterocycles. The summed E-state index contributed by atoms with van der Waals surface area (Å²) in [6.45, 7) is 2.77. The number of nitro benzene ring substituents is 1. The minimum absolute atomic E-state index is 0.0855. The highest BCUT2D eigenvalue weighted by molar-refractivity contribution is 8.26. The van der Waals surface area contributed by atoms with E-state index in [1.54, 1.807) is 35.2 Å². The molecule has 0 aromatic heterocycles. The number of ether oxygens (including phenoxy) is 1. The molecule has 1 amide bonds. The molecule has 9 heteroatoms. The lowest BCUT2D eigenvalue weighted by atomic mass is 10.2. The third kappa shape index (κ3) is 6.02. The van der Waals surface area contributed by atoms with Crippen LogP contribution in [0.1, 0.15) is 48.5 Å². The van der Waals surface area contributed by atoms with Crippen LogP contribution in [-0.2, 0) is 4.79 Å². The standard InChI is InChI=1S/C23H22N2O5S2/c1-2-3-4-5-13-24-21(26)20(32-23(24)31)14-16-9-11-19(12-10-16)30-22(27)17-7-6-8-18(15-17)25(28)29/h6-12,14-15H,2-5,13H2,1H3/b20-14-. The molecule has 32 heavy (non-hydrogen) atoms. The SMILES string of the molecule is CCCCCCN1C(=O)/C(=C/c2ccc(OC(=O)c3cccc([N+](=O)[O-])c3)cc2)SC1=S. The zero-order valence-corrected chi connectivity index (χ0v) is 19.1. The van der Waals surface area contributed by atoms with E-state index in [9.17, 15) is 19.7 Å². The molecule has 1 heterocycles. The Bertz CT molecular complexity index is 1070. The van der Waals surface area contributed by atoms with Gasteiger partial charge in [-0.15, -0.1) is 0 Å². The van der Waals surface area contributed by atoms with Crippen LogP contribution in [0.4, 0.5) is 5.69 Å². The molecule has 166 valence electrons. The molecule has 2 aromatic rings. The van der Waals surface area contributed by atoms with E-state index in [4.69, 9.17) is 17.0 Å². The Morgan fingerprint density at radius 2 is 1.94 bits per heavy atom. The fourth-order valence-corrected chi connectivity index (χ4v) is 4.39. The Labute approximate surface area is 195 Å². The highest BCUT2D eigenvalue weighted by Crippen LogP contribution is 2.33. The van der Waals surface area contributed by atoms with Gasteiger partial charge in [-0.25, -0.2) is 4.79 Å². The summed E-state index contributed by atoms with van der Waals surface area (Å²) in [6.07, 6.45) is 6.04. The van der Waals surface area contributed by atoms with Crippen molar-refractivity contribution in [2.24, 2.45) is 0 Å². The van der Waals surface area contributed by atoms with E-state index in [-0.39, 0.29) is 17.2 Å². The van der Waals surface area contributed by atoms with Crippen LogP contribution < -0.4 is 4.74 Å². The fourth-order valence-electron chi connectivity index (χ4n) is 3.09. The van der Waals surface area contributed by atoms with Crippen LogP contribution >= 0.6 is 24.0 Å². The van der Waals surface area contributed by atoms with Crippen LogP contribution in [-0.4, -0.2) is 32.6 Å². The zero-order chi connectivity index (χ0) is 23.1. The number of hydrogen-bond donors (Lipinski definition) is 0. The van der Waals surface area contributed by atoms with Crippen LogP contribution in [0.15, 0.2) is 53.4 Å². The number of nitro groups is 1. The van der Waals surface area contributed by atoms with Crippen molar-refractivity contribution in [3.63, 3.8) is 0 Å². The summed E-state index contributed by atoms with van der Waals surface area (Å²) < 4.78 is 5.87. The molecule has 3 rings (SSSR count). The summed E-state index contributed by atoms with van der Waals surface area (Å²) in [7, 11) is 0. The van der Waals surface area contributed by atoms with Crippen LogP contribution in [0.25, 0.3) is 6.08 Å². The Kier molecular flexibility index (Phi) is 8.13. The van der Waals surface area contributed by atoms with Gasteiger partial charge in [-0.1, -0.05) is 68.4 Å². The van der Waals surface area contributed by atoms with E-state index in [2.05, 4.69) is 6.92 Å². The molecule has 0 N–H and O–H groups in total. The van der Waals surface area contributed by atoms with Gasteiger partial charge in [0, 0.05) is 18.7 Å². The first-order chi connectivity index (χ1) is 15.4. The second-order valence-electron chi connectivity index (χ2n) is 7.16. The van der Waals surface area contributed by atoms with Crippen molar-refractivity contribution in [3.05, 3.63) is 74.7 Å². The molecular weight excluding hydrogens is 448 g/mol. The number of unbranched alkanes of at least 4 members (excludes halogenated alkanes) is 3. The number of nitrogens with zero attached hydrogens (tertiary/aromatic N) is 2. The van der Waals surface area contributed by atoms with Gasteiger partial charge in [0.1, 0.15) is 10.1 Å². The van der Waals surface area contributed by atoms with Crippen LogP contribution in [0.2, 0.25) is 0 Å². The smallest absolute Gasteiger partial charge is 0.343 e. The van der Waals surface area contributed by atoms with Crippen molar-refractivity contribution < 1.29 is 19.2 Å². The molecule has 0 saturated carbocycles. The lowest BCUT2D eigenvalue weighted by molar-refractivity contribution is -0.384. The van der Waals surface area contributed by atoms with Crippen LogP contribution in [0.3, 0.4) is 0 Å². The largest absolute Gasteiger partial charge is 0.423 e. The van der Waals surface area contributed by atoms with Gasteiger partial charge in [-0.2, -0.15) is 0 Å². The number of carbonyl (C=O) groups is 2. The average Bonchev–Trinajstić information content (AvgIpc) is 3.05. The third-order valence-electron chi connectivity index (χ3n) is 4.79. The van der Waals surface area contributed by atoms with Crippen molar-refractivity contribution in [1.82, 2.24) is 4.90 Å². The van der Waals surface area contributed by atoms with Crippen molar-refractivity contribution in [1.29, 1.82) is 0 Å². The highest BCUT2D eigenvalue weighted by atomic mass is 32.2. The molecule has 0 spiro atoms. The molecule has 1 fully saturated rings. The van der Waals surface area contributed by atoms with Gasteiger partial charge in [0.15, 0.2) is 0 Å². The molecule has 1 aliphatic rings. The maximum absolute atomic E-state index is 12.7. The van der Waals surface area contributed by atoms with Crippen molar-refractivity contribution in [2.45, 2.75) is 32.6 Å². The Balaban J connectivity index is 1.63. The summed E-state index contributed by atoms with van der Waals surface area (Å²) in [4.78, 5) is 37.4. The topological polar surface area (TPSA) is 89.8 Å². The van der Waals surface area contributed by atoms with Crippen molar-refractivity contribution >= 4 is 51.9 Å². The number of esters is 1. The Morgan fingerprint density at radius 1 is 1.19 bits per heavy atom. The molecule has 2 aromatic carbocycles. The highest BCUT2D eigenvalue weighted by Gasteiger charge is 2.31. The molecule has 0 radical (unpaired) electrons. The summed E-state index contributed by atoms with van der Waals surface area (Å²) in [5.74, 6) is -0.481. The van der Waals surface area contributed by atoms with Gasteiger partial charge in [-0.05, 0) is 36.3 Å². The Hall–Kier alpha value is -3.04. The van der Waals surface area contributed by atoms with Gasteiger partial charge >= 0.3 is 5.97 Å². The first-order valence-electron chi connectivity index (χ1n) is 10.2. The monoisotopic (exact) mass is 470 g/mol. The fraction of sp³-hybridized carbons (Fsp3) is 0.261. The normalized spacial score (nSPS) is 14.8. The summed E-state index contributed by atoms with van der Waals surface area (Å²) in [5.41, 5.74) is 0.676. The van der Waals surface area contributed by atoms with Gasteiger partial charge in [0.2, 0.25) is 0 Å². The van der Waals surface area contributed by atoms with E-state index >= 15 is 0 Å². The maximum atomic E-state index is 12.7. The number of amides is 1. The van der Waals surface area contributed by atoms with Crippen molar-refractivity contribution in [3.8, 4) is 5.75 Å². The van der Waals surface area contributed by atoms with Crippen LogP contribution in [0.5, 0.6) is 5.75 Å². The maximum Gasteiger partial charge on any atom is 0.343 e. The number of thiocarbonyl (C=S) groups is 1. The predicted octanol–water partition coefficient (Wildman–Crippen LogP) is 5.60. The molecule has 0 aliphatic carbocycles. The molecule has 7 nitrogen and oxygen atoms in total. The van der Waals surface area contributed by atoms with Gasteiger partial charge in [0.25, 0.3) is 11.6 Å². The van der Waals surface area contributed by atoms with E-state index in [0.717, 1.165) is 31.2 Å². The quantitative estimate of drug-likeness (QED) is 0.0897. The molecule has 0 atom stereocenters. The average molecular weight is 471 g/mol. The summed E-state index contributed by atoms with van der Waals surface area (Å²) in [5, 5.41) is 10.9. The first-order valence-corrected chi connectivity index (χ1v) is 11.4. The van der Waals surface area contributed by atoms with Crippen molar-refractivity contribution in [2.75, 3.05) is 6.54 Å². The molecule has 1 aliphatic heterocycles. The number of thioether (sulfide) groups is 1. The summed E-state index contributed by atoms with van der Waals surface area (Å²) in [6, 6.07) is 12.0. The predicted molar refractivity (Wildman–Crippen MR) is 129 cm³/mol. The lowest BCUT2D eigenvalue weighted by Crippen LogP contribution is -2.28. The first kappa shape index (κ1) is 23.6. The van der Waals surface area contributed by atoms with Gasteiger partial charge < -0.3 is 4.74 Å². The minimum atomic E-state index is -0.689. The van der Waals surface area contributed by atoms with Crippen LogP contribution in [0, 0.1) is 10.1 Å². The lowest BCUT2D eigenvalue weighted by Gasteiger charge is -2.13. The molecule has 0 bridgehead atoms. The third-order valence-corrected chi connectivity index (χ3v) is 6.17. The van der Waals surface area contributed by atoms with E-state index in [1.165, 1.54) is 36.0 Å². The zero-order valence-electron chi connectivity index (χ0n) is 17.5. The number of benzene rings is 2. The van der Waals surface area contributed by atoms with Gasteiger partial charge in [-0.3, -0.25) is 19.8 Å². The number of carbonyl (C=O) groups excluding carboxylic acids is 2. The summed E-state index contributed by atoms with van der Waals surface area (Å²) >= 11 is 6.64. The molecular formula is C23H22N2O5S2. The van der Waals surface area contributed by atoms with Gasteiger partial charge in [0.05, 0.1) is 15.4 Å². The minimum Gasteiger partial charge on any atom is -0.423 e. The van der Waals surface area contributed by atoms with E-state index in [0.29, 0.717) is 21.5 Å². The second-order valence-corrected chi connectivity index (χ2v) is 8.84. The number of non-ortho nitro benzene ring substituents is 1.